The van der Waals surface area contributed by atoms with E-state index in [1.54, 1.807) is 0 Å². The molecular formula is C9H18N2. The van der Waals surface area contributed by atoms with Crippen LogP contribution in [0.1, 0.15) is 32.6 Å². The van der Waals surface area contributed by atoms with Gasteiger partial charge in [-0.2, -0.15) is 0 Å². The van der Waals surface area contributed by atoms with Crippen LogP contribution in [-0.2, 0) is 0 Å². The molecule has 0 spiro atoms. The lowest BCUT2D eigenvalue weighted by Gasteiger charge is -2.42. The van der Waals surface area contributed by atoms with Crippen molar-refractivity contribution < 1.29 is 0 Å². The Balaban J connectivity index is 2.20. The van der Waals surface area contributed by atoms with Gasteiger partial charge in [-0.15, -0.1) is 0 Å². The Morgan fingerprint density at radius 1 is 1.55 bits per heavy atom. The molecule has 3 atom stereocenters. The van der Waals surface area contributed by atoms with Gasteiger partial charge >= 0.3 is 0 Å². The minimum absolute atomic E-state index is 0.433. The van der Waals surface area contributed by atoms with Crippen molar-refractivity contribution in [2.45, 2.75) is 50.2 Å². The SMILES string of the molecule is CN1C2CCC1(C)CC(N)C2. The molecule has 64 valence electrons. The summed E-state index contributed by atoms with van der Waals surface area (Å²) in [5, 5.41) is 0. The number of hydrogen-bond donors (Lipinski definition) is 1. The van der Waals surface area contributed by atoms with E-state index in [4.69, 9.17) is 5.73 Å². The van der Waals surface area contributed by atoms with Gasteiger partial charge in [-0.3, -0.25) is 4.90 Å². The van der Waals surface area contributed by atoms with E-state index in [1.807, 2.05) is 0 Å². The van der Waals surface area contributed by atoms with Crippen LogP contribution in [0.15, 0.2) is 0 Å². The monoisotopic (exact) mass is 154 g/mol. The van der Waals surface area contributed by atoms with Crippen LogP contribution < -0.4 is 5.73 Å². The summed E-state index contributed by atoms with van der Waals surface area (Å²) >= 11 is 0. The molecule has 0 aromatic rings. The van der Waals surface area contributed by atoms with Crippen molar-refractivity contribution in [3.05, 3.63) is 0 Å². The second-order valence-electron chi connectivity index (χ2n) is 4.50. The Hall–Kier alpha value is -0.0800. The van der Waals surface area contributed by atoms with Crippen LogP contribution in [0.2, 0.25) is 0 Å². The smallest absolute Gasteiger partial charge is 0.0196 e. The largest absolute Gasteiger partial charge is 0.328 e. The highest BCUT2D eigenvalue weighted by Crippen LogP contribution is 2.41. The Morgan fingerprint density at radius 3 is 2.91 bits per heavy atom. The van der Waals surface area contributed by atoms with E-state index in [0.29, 0.717) is 11.6 Å². The van der Waals surface area contributed by atoms with Crippen molar-refractivity contribution >= 4 is 0 Å². The quantitative estimate of drug-likeness (QED) is 0.563. The summed E-state index contributed by atoms with van der Waals surface area (Å²) < 4.78 is 0. The summed E-state index contributed by atoms with van der Waals surface area (Å²) in [4.78, 5) is 2.54. The first-order valence-corrected chi connectivity index (χ1v) is 4.60. The molecule has 3 unspecified atom stereocenters. The lowest BCUT2D eigenvalue weighted by atomic mass is 9.88. The lowest BCUT2D eigenvalue weighted by Crippen LogP contribution is -2.52. The van der Waals surface area contributed by atoms with Crippen LogP contribution in [0.4, 0.5) is 0 Å². The molecule has 2 rings (SSSR count). The zero-order valence-electron chi connectivity index (χ0n) is 7.51. The van der Waals surface area contributed by atoms with Gasteiger partial charge in [0.2, 0.25) is 0 Å². The summed E-state index contributed by atoms with van der Waals surface area (Å²) in [7, 11) is 2.25. The van der Waals surface area contributed by atoms with Gasteiger partial charge in [-0.05, 0) is 39.7 Å². The van der Waals surface area contributed by atoms with Gasteiger partial charge in [0.1, 0.15) is 0 Å². The van der Waals surface area contributed by atoms with Crippen LogP contribution in [0, 0.1) is 0 Å². The first-order valence-electron chi connectivity index (χ1n) is 4.60. The minimum atomic E-state index is 0.433. The highest BCUT2D eigenvalue weighted by atomic mass is 15.2. The number of nitrogens with zero attached hydrogens (tertiary/aromatic N) is 1. The number of piperidine rings is 1. The summed E-state index contributed by atoms with van der Waals surface area (Å²) in [5.74, 6) is 0. The zero-order valence-corrected chi connectivity index (χ0v) is 7.51. The number of hydrogen-bond acceptors (Lipinski definition) is 2. The molecule has 2 N–H and O–H groups in total. The molecule has 2 saturated heterocycles. The van der Waals surface area contributed by atoms with E-state index in [1.165, 1.54) is 25.7 Å². The Bertz CT molecular complexity index is 169. The molecule has 2 nitrogen and oxygen atoms in total. The minimum Gasteiger partial charge on any atom is -0.328 e. The zero-order chi connectivity index (χ0) is 8.06. The molecule has 0 aliphatic carbocycles. The van der Waals surface area contributed by atoms with E-state index in [2.05, 4.69) is 18.9 Å². The molecule has 0 aromatic carbocycles. The van der Waals surface area contributed by atoms with Gasteiger partial charge in [0.05, 0.1) is 0 Å². The van der Waals surface area contributed by atoms with Crippen LogP contribution >= 0.6 is 0 Å². The van der Waals surface area contributed by atoms with Gasteiger partial charge < -0.3 is 5.73 Å². The fraction of sp³-hybridized carbons (Fsp3) is 1.00. The van der Waals surface area contributed by atoms with Gasteiger partial charge in [0, 0.05) is 17.6 Å². The van der Waals surface area contributed by atoms with Gasteiger partial charge in [-0.1, -0.05) is 0 Å². The molecule has 0 saturated carbocycles. The molecule has 2 heterocycles. The van der Waals surface area contributed by atoms with Crippen molar-refractivity contribution in [3.8, 4) is 0 Å². The second kappa shape index (κ2) is 2.20. The maximum Gasteiger partial charge on any atom is 0.0196 e. The summed E-state index contributed by atoms with van der Waals surface area (Å²) in [6.45, 7) is 2.35. The number of nitrogens with two attached hydrogens (primary N) is 1. The van der Waals surface area contributed by atoms with Crippen molar-refractivity contribution in [1.82, 2.24) is 4.90 Å². The molecule has 0 amide bonds. The van der Waals surface area contributed by atoms with E-state index >= 15 is 0 Å². The number of fused-ring (bicyclic) bond motifs is 2. The predicted molar refractivity (Wildman–Crippen MR) is 46.4 cm³/mol. The van der Waals surface area contributed by atoms with Crippen LogP contribution in [0.5, 0.6) is 0 Å². The fourth-order valence-corrected chi connectivity index (χ4v) is 2.81. The highest BCUT2D eigenvalue weighted by Gasteiger charge is 2.45. The Labute approximate surface area is 68.7 Å². The maximum atomic E-state index is 5.98. The van der Waals surface area contributed by atoms with Gasteiger partial charge in [-0.25, -0.2) is 0 Å². The first kappa shape index (κ1) is 7.56. The van der Waals surface area contributed by atoms with Crippen LogP contribution in [0.3, 0.4) is 0 Å². The van der Waals surface area contributed by atoms with Crippen molar-refractivity contribution in [1.29, 1.82) is 0 Å². The maximum absolute atomic E-state index is 5.98. The summed E-state index contributed by atoms with van der Waals surface area (Å²) in [6, 6.07) is 1.24. The molecule has 2 bridgehead atoms. The molecule has 2 aliphatic heterocycles. The molecule has 0 radical (unpaired) electrons. The lowest BCUT2D eigenvalue weighted by molar-refractivity contribution is 0.0861. The van der Waals surface area contributed by atoms with E-state index in [0.717, 1.165) is 6.04 Å². The van der Waals surface area contributed by atoms with Crippen molar-refractivity contribution in [2.24, 2.45) is 5.73 Å². The van der Waals surface area contributed by atoms with Crippen molar-refractivity contribution in [2.75, 3.05) is 7.05 Å². The standard InChI is InChI=1S/C9H18N2/c1-9-4-3-8(11(9)2)5-7(10)6-9/h7-8H,3-6,10H2,1-2H3. The molecule has 2 fully saturated rings. The summed E-state index contributed by atoms with van der Waals surface area (Å²) in [5.41, 5.74) is 6.41. The van der Waals surface area contributed by atoms with Crippen LogP contribution in [0.25, 0.3) is 0 Å². The highest BCUT2D eigenvalue weighted by molar-refractivity contribution is 5.03. The van der Waals surface area contributed by atoms with Crippen LogP contribution in [-0.4, -0.2) is 29.6 Å². The third-order valence-corrected chi connectivity index (χ3v) is 3.69. The fourth-order valence-electron chi connectivity index (χ4n) is 2.81. The van der Waals surface area contributed by atoms with E-state index in [-0.39, 0.29) is 0 Å². The molecular weight excluding hydrogens is 136 g/mol. The molecule has 2 aliphatic rings. The van der Waals surface area contributed by atoms with E-state index in [9.17, 15) is 0 Å². The van der Waals surface area contributed by atoms with E-state index < -0.39 is 0 Å². The normalized spacial score (nSPS) is 51.5. The second-order valence-corrected chi connectivity index (χ2v) is 4.50. The summed E-state index contributed by atoms with van der Waals surface area (Å²) in [6.07, 6.45) is 5.12. The van der Waals surface area contributed by atoms with Gasteiger partial charge in [0.25, 0.3) is 0 Å². The molecule has 2 heteroatoms. The topological polar surface area (TPSA) is 29.3 Å². The Morgan fingerprint density at radius 2 is 2.27 bits per heavy atom. The Kier molecular flexibility index (Phi) is 1.52. The third kappa shape index (κ3) is 1.00. The predicted octanol–water partition coefficient (Wildman–Crippen LogP) is 0.960. The average molecular weight is 154 g/mol. The third-order valence-electron chi connectivity index (χ3n) is 3.69. The van der Waals surface area contributed by atoms with Crippen molar-refractivity contribution in [3.63, 3.8) is 0 Å². The van der Waals surface area contributed by atoms with Gasteiger partial charge in [0.15, 0.2) is 0 Å². The molecule has 0 aromatic heterocycles. The average Bonchev–Trinajstić information content (AvgIpc) is 2.17. The first-order chi connectivity index (χ1) is 5.12. The number of rotatable bonds is 0. The molecule has 11 heavy (non-hydrogen) atoms.